The summed E-state index contributed by atoms with van der Waals surface area (Å²) in [4.78, 5) is 18.5. The molecule has 2 atom stereocenters. The molecular weight excluding hydrogens is 550 g/mol. The first-order valence-corrected chi connectivity index (χ1v) is 16.2. The van der Waals surface area contributed by atoms with E-state index in [4.69, 9.17) is 14.2 Å². The lowest BCUT2D eigenvalue weighted by Crippen LogP contribution is -2.45. The van der Waals surface area contributed by atoms with E-state index in [0.29, 0.717) is 18.3 Å². The Bertz CT molecular complexity index is 1480. The molecule has 7 nitrogen and oxygen atoms in total. The number of nitrogens with zero attached hydrogens (tertiary/aromatic N) is 1. The molecule has 1 aliphatic heterocycles. The molecule has 1 aromatic heterocycles. The first-order valence-electron chi connectivity index (χ1n) is 16.2. The summed E-state index contributed by atoms with van der Waals surface area (Å²) in [6, 6.07) is 10.2. The van der Waals surface area contributed by atoms with Crippen LogP contribution in [0, 0.1) is 5.92 Å². The van der Waals surface area contributed by atoms with E-state index in [2.05, 4.69) is 81.4 Å². The van der Waals surface area contributed by atoms with E-state index >= 15 is 0 Å². The van der Waals surface area contributed by atoms with Crippen molar-refractivity contribution in [2.75, 3.05) is 27.2 Å². The SMILES string of the molecule is CC.CCCc1cc(OC(=O)N/C=C/COc2cccc3[nH]cc(CCN(C)C)c23)c2c(c1)OC(C)(C)C1CCC(C)=CC21. The van der Waals surface area contributed by atoms with Gasteiger partial charge in [0.25, 0.3) is 0 Å². The number of aryl methyl sites for hydroxylation is 1. The molecule has 3 aromatic rings. The molecule has 2 unspecified atom stereocenters. The minimum atomic E-state index is -0.529. The van der Waals surface area contributed by atoms with Crippen LogP contribution < -0.4 is 19.5 Å². The number of aromatic amines is 1. The molecule has 1 aliphatic carbocycles. The van der Waals surface area contributed by atoms with Crippen molar-refractivity contribution in [2.24, 2.45) is 5.92 Å². The molecule has 0 saturated heterocycles. The van der Waals surface area contributed by atoms with E-state index in [-0.39, 0.29) is 11.5 Å². The second-order valence-electron chi connectivity index (χ2n) is 12.4. The lowest BCUT2D eigenvalue weighted by atomic mass is 9.68. The number of rotatable bonds is 10. The second kappa shape index (κ2) is 14.8. The Morgan fingerprint density at radius 2 is 1.98 bits per heavy atom. The number of allylic oxidation sites excluding steroid dienone is 2. The summed E-state index contributed by atoms with van der Waals surface area (Å²) in [5.41, 5.74) is 5.45. The molecule has 2 aromatic carbocycles. The number of benzene rings is 2. The number of H-pyrrole nitrogens is 1. The van der Waals surface area contributed by atoms with Gasteiger partial charge in [0.1, 0.15) is 29.5 Å². The minimum Gasteiger partial charge on any atom is -0.489 e. The Morgan fingerprint density at radius 3 is 2.73 bits per heavy atom. The van der Waals surface area contributed by atoms with Crippen LogP contribution >= 0.6 is 0 Å². The summed E-state index contributed by atoms with van der Waals surface area (Å²) in [5.74, 6) is 2.70. The van der Waals surface area contributed by atoms with Gasteiger partial charge in [0.2, 0.25) is 0 Å². The molecule has 0 fully saturated rings. The molecule has 0 radical (unpaired) electrons. The molecule has 0 bridgehead atoms. The maximum absolute atomic E-state index is 13.0. The third-order valence-corrected chi connectivity index (χ3v) is 8.48. The number of hydrogen-bond acceptors (Lipinski definition) is 5. The van der Waals surface area contributed by atoms with Crippen LogP contribution in [-0.2, 0) is 12.8 Å². The highest BCUT2D eigenvalue weighted by Crippen LogP contribution is 2.53. The molecule has 238 valence electrons. The van der Waals surface area contributed by atoms with E-state index < -0.39 is 6.09 Å². The number of nitrogens with one attached hydrogen (secondary N) is 2. The fourth-order valence-electron chi connectivity index (χ4n) is 6.40. The molecule has 0 saturated carbocycles. The van der Waals surface area contributed by atoms with Crippen molar-refractivity contribution in [3.8, 4) is 17.2 Å². The monoisotopic (exact) mass is 601 g/mol. The number of ether oxygens (including phenoxy) is 3. The number of fused-ring (bicyclic) bond motifs is 4. The fraction of sp³-hybridized carbons (Fsp3) is 0.486. The van der Waals surface area contributed by atoms with E-state index in [1.165, 1.54) is 11.1 Å². The van der Waals surface area contributed by atoms with E-state index in [9.17, 15) is 4.79 Å². The highest BCUT2D eigenvalue weighted by molar-refractivity contribution is 5.89. The molecule has 2 heterocycles. The van der Waals surface area contributed by atoms with Crippen LogP contribution in [0.2, 0.25) is 0 Å². The average molecular weight is 602 g/mol. The smallest absolute Gasteiger partial charge is 0.416 e. The van der Waals surface area contributed by atoms with Gasteiger partial charge in [0, 0.05) is 47.2 Å². The van der Waals surface area contributed by atoms with Crippen molar-refractivity contribution in [3.05, 3.63) is 77.1 Å². The van der Waals surface area contributed by atoms with Crippen LogP contribution in [0.3, 0.4) is 0 Å². The van der Waals surface area contributed by atoms with Gasteiger partial charge < -0.3 is 24.1 Å². The third-order valence-electron chi connectivity index (χ3n) is 8.48. The van der Waals surface area contributed by atoms with Crippen molar-refractivity contribution >= 4 is 17.0 Å². The lowest BCUT2D eigenvalue weighted by Gasteiger charge is -2.46. The van der Waals surface area contributed by atoms with Crippen LogP contribution in [0.4, 0.5) is 4.79 Å². The van der Waals surface area contributed by atoms with E-state index in [1.807, 2.05) is 32.0 Å². The molecule has 0 spiro atoms. The first-order chi connectivity index (χ1) is 21.2. The predicted molar refractivity (Wildman–Crippen MR) is 180 cm³/mol. The van der Waals surface area contributed by atoms with Crippen LogP contribution in [-0.4, -0.2) is 48.8 Å². The van der Waals surface area contributed by atoms with Gasteiger partial charge in [-0.1, -0.05) is 44.9 Å². The molecule has 5 rings (SSSR count). The van der Waals surface area contributed by atoms with Crippen LogP contribution in [0.15, 0.2) is 60.5 Å². The molecule has 44 heavy (non-hydrogen) atoms. The summed E-state index contributed by atoms with van der Waals surface area (Å²) in [6.07, 6.45) is 12.2. The van der Waals surface area contributed by atoms with Crippen LogP contribution in [0.5, 0.6) is 17.2 Å². The van der Waals surface area contributed by atoms with Crippen molar-refractivity contribution in [2.45, 2.75) is 85.2 Å². The maximum Gasteiger partial charge on any atom is 0.416 e. The molecule has 2 aliphatic rings. The zero-order chi connectivity index (χ0) is 31.9. The fourth-order valence-corrected chi connectivity index (χ4v) is 6.40. The normalized spacial score (nSPS) is 18.5. The third kappa shape index (κ3) is 7.68. The highest BCUT2D eigenvalue weighted by Gasteiger charge is 2.45. The number of hydrogen-bond donors (Lipinski definition) is 2. The predicted octanol–water partition coefficient (Wildman–Crippen LogP) is 8.54. The summed E-state index contributed by atoms with van der Waals surface area (Å²) in [6.45, 7) is 14.0. The van der Waals surface area contributed by atoms with Gasteiger partial charge in [-0.2, -0.15) is 0 Å². The van der Waals surface area contributed by atoms with Crippen LogP contribution in [0.25, 0.3) is 10.9 Å². The van der Waals surface area contributed by atoms with Gasteiger partial charge in [-0.3, -0.25) is 5.32 Å². The minimum absolute atomic E-state index is 0.152. The van der Waals surface area contributed by atoms with Crippen molar-refractivity contribution in [1.29, 1.82) is 0 Å². The van der Waals surface area contributed by atoms with Crippen molar-refractivity contribution < 1.29 is 19.0 Å². The zero-order valence-corrected chi connectivity index (χ0v) is 27.9. The molecular formula is C37H51N3O4. The Balaban J connectivity index is 0.00000216. The van der Waals surface area contributed by atoms with Crippen molar-refractivity contribution in [1.82, 2.24) is 15.2 Å². The molecule has 2 N–H and O–H groups in total. The quantitative estimate of drug-likeness (QED) is 0.228. The first kappa shape index (κ1) is 33.2. The average Bonchev–Trinajstić information content (AvgIpc) is 3.40. The van der Waals surface area contributed by atoms with Crippen molar-refractivity contribution in [3.63, 3.8) is 0 Å². The Labute approximate surface area is 263 Å². The standard InChI is InChI=1S/C35H45N3O4.C2H6/c1-7-10-24-20-30(33-26-19-23(2)13-14-27(26)35(3,4)42-31(33)21-24)41-34(39)36-16-9-18-40-29-12-8-11-28-32(29)25(22-37-28)15-17-38(5)6;1-2/h8-9,11-12,16,19-22,26-27,37H,7,10,13-15,17-18H2,1-6H3,(H,36,39);1-2H3/b16-9+;. The Morgan fingerprint density at radius 1 is 1.18 bits per heavy atom. The molecule has 7 heteroatoms. The van der Waals surface area contributed by atoms with Gasteiger partial charge >= 0.3 is 6.09 Å². The molecule has 1 amide bonds. The van der Waals surface area contributed by atoms with Gasteiger partial charge in [0.15, 0.2) is 0 Å². The van der Waals surface area contributed by atoms with E-state index in [0.717, 1.165) is 72.2 Å². The summed E-state index contributed by atoms with van der Waals surface area (Å²) in [5, 5.41) is 3.86. The highest BCUT2D eigenvalue weighted by atomic mass is 16.6. The summed E-state index contributed by atoms with van der Waals surface area (Å²) >= 11 is 0. The lowest BCUT2D eigenvalue weighted by molar-refractivity contribution is 0.0108. The number of carbonyl (C=O) groups excluding carboxylic acids is 1. The number of amides is 1. The topological polar surface area (TPSA) is 75.8 Å². The van der Waals surface area contributed by atoms with Gasteiger partial charge in [-0.15, -0.1) is 0 Å². The van der Waals surface area contributed by atoms with Gasteiger partial charge in [-0.25, -0.2) is 4.79 Å². The number of likely N-dealkylation sites (N-methyl/N-ethyl adjacent to an activating group) is 1. The van der Waals surface area contributed by atoms with E-state index in [1.54, 1.807) is 12.3 Å². The number of carbonyl (C=O) groups is 1. The second-order valence-corrected chi connectivity index (χ2v) is 12.4. The van der Waals surface area contributed by atoms with Gasteiger partial charge in [-0.05, 0) is 102 Å². The number of aromatic nitrogens is 1. The summed E-state index contributed by atoms with van der Waals surface area (Å²) in [7, 11) is 4.15. The van der Waals surface area contributed by atoms with Crippen LogP contribution in [0.1, 0.15) is 83.4 Å². The maximum atomic E-state index is 13.0. The Hall–Kier alpha value is -3.71. The Kier molecular flexibility index (Phi) is 11.2. The summed E-state index contributed by atoms with van der Waals surface area (Å²) < 4.78 is 18.6. The van der Waals surface area contributed by atoms with Gasteiger partial charge in [0.05, 0.1) is 0 Å². The zero-order valence-electron chi connectivity index (χ0n) is 27.9. The largest absolute Gasteiger partial charge is 0.489 e.